The van der Waals surface area contributed by atoms with E-state index in [1.165, 1.54) is 0 Å². The lowest BCUT2D eigenvalue weighted by Gasteiger charge is -2.36. The fourth-order valence-electron chi connectivity index (χ4n) is 2.77. The molecule has 5 heteroatoms. The Morgan fingerprint density at radius 1 is 1.13 bits per heavy atom. The van der Waals surface area contributed by atoms with Crippen LogP contribution in [0.3, 0.4) is 0 Å². The van der Waals surface area contributed by atoms with E-state index < -0.39 is 6.29 Å². The Hall–Kier alpha value is -1.85. The molecule has 1 fully saturated rings. The van der Waals surface area contributed by atoms with Crippen molar-refractivity contribution < 1.29 is 23.7 Å². The summed E-state index contributed by atoms with van der Waals surface area (Å²) in [5, 5.41) is 0. The van der Waals surface area contributed by atoms with Gasteiger partial charge < -0.3 is 18.9 Å². The van der Waals surface area contributed by atoms with Gasteiger partial charge in [-0.05, 0) is 31.4 Å². The molecule has 0 unspecified atom stereocenters. The number of rotatable bonds is 2. The molecular weight excluding hydrogens is 296 g/mol. The third kappa shape index (κ3) is 4.12. The first-order valence-corrected chi connectivity index (χ1v) is 8.02. The number of ether oxygens (including phenoxy) is 4. The number of fused-ring (bicyclic) bond motifs is 1. The lowest BCUT2D eigenvalue weighted by Crippen LogP contribution is -2.43. The van der Waals surface area contributed by atoms with Crippen LogP contribution < -0.4 is 4.74 Å². The van der Waals surface area contributed by atoms with Gasteiger partial charge in [-0.2, -0.15) is 0 Å². The highest BCUT2D eigenvalue weighted by Crippen LogP contribution is 2.30. The van der Waals surface area contributed by atoms with E-state index >= 15 is 0 Å². The topological polar surface area (TPSA) is 54.0 Å². The van der Waals surface area contributed by atoms with Gasteiger partial charge in [-0.3, -0.25) is 4.79 Å². The average molecular weight is 318 g/mol. The van der Waals surface area contributed by atoms with Gasteiger partial charge in [0.1, 0.15) is 11.9 Å². The van der Waals surface area contributed by atoms with Crippen molar-refractivity contribution in [3.8, 4) is 5.75 Å². The van der Waals surface area contributed by atoms with Gasteiger partial charge in [0.2, 0.25) is 0 Å². The predicted molar refractivity (Wildman–Crippen MR) is 84.0 cm³/mol. The van der Waals surface area contributed by atoms with Crippen LogP contribution in [0, 0.1) is 0 Å². The SMILES string of the molecule is COc1ccc([C@@H]2OC[C@@H]3OC(=O)CCC/C=C/C[C@@H]3O2)cc1. The first-order valence-electron chi connectivity index (χ1n) is 8.02. The summed E-state index contributed by atoms with van der Waals surface area (Å²) in [5.74, 6) is 0.614. The molecular formula is C18H22O5. The number of benzene rings is 1. The van der Waals surface area contributed by atoms with Crippen molar-refractivity contribution in [3.63, 3.8) is 0 Å². The highest BCUT2D eigenvalue weighted by atomic mass is 16.7. The Morgan fingerprint density at radius 3 is 2.74 bits per heavy atom. The molecule has 0 aliphatic carbocycles. The summed E-state index contributed by atoms with van der Waals surface area (Å²) in [4.78, 5) is 11.8. The number of carbonyl (C=O) groups is 1. The maximum absolute atomic E-state index is 11.8. The summed E-state index contributed by atoms with van der Waals surface area (Å²) in [5.41, 5.74) is 0.927. The van der Waals surface area contributed by atoms with Gasteiger partial charge in [0, 0.05) is 12.0 Å². The van der Waals surface area contributed by atoms with Gasteiger partial charge in [0.15, 0.2) is 12.4 Å². The Morgan fingerprint density at radius 2 is 1.96 bits per heavy atom. The van der Waals surface area contributed by atoms with Crippen molar-refractivity contribution in [2.24, 2.45) is 0 Å². The van der Waals surface area contributed by atoms with Crippen molar-refractivity contribution in [1.29, 1.82) is 0 Å². The first kappa shape index (κ1) is 16.0. The van der Waals surface area contributed by atoms with Crippen molar-refractivity contribution in [2.45, 2.75) is 44.2 Å². The third-order valence-corrected chi connectivity index (χ3v) is 4.08. The second-order valence-corrected chi connectivity index (χ2v) is 5.74. The van der Waals surface area contributed by atoms with Crippen LogP contribution in [-0.4, -0.2) is 31.9 Å². The van der Waals surface area contributed by atoms with Crippen LogP contribution in [0.4, 0.5) is 0 Å². The van der Waals surface area contributed by atoms with Gasteiger partial charge >= 0.3 is 5.97 Å². The average Bonchev–Trinajstić information content (AvgIpc) is 2.59. The normalized spacial score (nSPS) is 30.0. The summed E-state index contributed by atoms with van der Waals surface area (Å²) in [6, 6.07) is 7.60. The summed E-state index contributed by atoms with van der Waals surface area (Å²) < 4.78 is 22.5. The Balaban J connectivity index is 1.70. The van der Waals surface area contributed by atoms with E-state index in [0.717, 1.165) is 24.2 Å². The van der Waals surface area contributed by atoms with Crippen molar-refractivity contribution >= 4 is 5.97 Å². The van der Waals surface area contributed by atoms with Crippen molar-refractivity contribution in [2.75, 3.05) is 13.7 Å². The summed E-state index contributed by atoms with van der Waals surface area (Å²) >= 11 is 0. The molecule has 0 spiro atoms. The quantitative estimate of drug-likeness (QED) is 0.619. The number of methoxy groups -OCH3 is 1. The minimum Gasteiger partial charge on any atom is -0.497 e. The molecule has 3 atom stereocenters. The molecule has 0 radical (unpaired) electrons. The fourth-order valence-corrected chi connectivity index (χ4v) is 2.77. The molecule has 124 valence electrons. The molecule has 5 nitrogen and oxygen atoms in total. The van der Waals surface area contributed by atoms with Crippen LogP contribution >= 0.6 is 0 Å². The Kier molecular flexibility index (Phi) is 5.31. The summed E-state index contributed by atoms with van der Waals surface area (Å²) in [7, 11) is 1.63. The minimum atomic E-state index is -0.447. The largest absolute Gasteiger partial charge is 0.497 e. The molecule has 0 aromatic heterocycles. The predicted octanol–water partition coefficient (Wildman–Crippen LogP) is 3.15. The molecule has 1 aromatic carbocycles. The minimum absolute atomic E-state index is 0.176. The first-order chi connectivity index (χ1) is 11.3. The van der Waals surface area contributed by atoms with Crippen molar-refractivity contribution in [1.82, 2.24) is 0 Å². The van der Waals surface area contributed by atoms with Gasteiger partial charge in [-0.25, -0.2) is 0 Å². The Bertz CT molecular complexity index is 551. The molecule has 0 N–H and O–H groups in total. The zero-order valence-electron chi connectivity index (χ0n) is 13.3. The number of esters is 1. The fraction of sp³-hybridized carbons (Fsp3) is 0.500. The third-order valence-electron chi connectivity index (χ3n) is 4.08. The molecule has 2 aliphatic rings. The molecule has 3 rings (SSSR count). The standard InChI is InChI=1S/C18H22O5/c1-20-14-10-8-13(9-11-14)18-21-12-16-15(23-18)6-4-2-3-5-7-17(19)22-16/h2,4,8-11,15-16,18H,3,5-7,12H2,1H3/b4-2+/t15-,16-,18+/m0/s1. The second kappa shape index (κ2) is 7.62. The molecule has 0 saturated carbocycles. The number of hydrogen-bond donors (Lipinski definition) is 0. The van der Waals surface area contributed by atoms with E-state index in [4.69, 9.17) is 18.9 Å². The van der Waals surface area contributed by atoms with Crippen molar-refractivity contribution in [3.05, 3.63) is 42.0 Å². The van der Waals surface area contributed by atoms with E-state index in [2.05, 4.69) is 12.2 Å². The van der Waals surface area contributed by atoms with Crippen LogP contribution in [0.15, 0.2) is 36.4 Å². The molecule has 0 amide bonds. The highest BCUT2D eigenvalue weighted by Gasteiger charge is 2.34. The van der Waals surface area contributed by atoms with E-state index in [9.17, 15) is 4.79 Å². The van der Waals surface area contributed by atoms with E-state index in [1.807, 2.05) is 24.3 Å². The maximum atomic E-state index is 11.8. The van der Waals surface area contributed by atoms with Crippen LogP contribution in [0.2, 0.25) is 0 Å². The monoisotopic (exact) mass is 318 g/mol. The number of hydrogen-bond acceptors (Lipinski definition) is 5. The Labute approximate surface area is 136 Å². The van der Waals surface area contributed by atoms with E-state index in [1.54, 1.807) is 7.11 Å². The lowest BCUT2D eigenvalue weighted by molar-refractivity contribution is -0.261. The summed E-state index contributed by atoms with van der Waals surface area (Å²) in [6.07, 6.45) is 6.10. The van der Waals surface area contributed by atoms with Gasteiger partial charge in [0.05, 0.1) is 13.7 Å². The lowest BCUT2D eigenvalue weighted by atomic mass is 10.1. The van der Waals surface area contributed by atoms with Crippen LogP contribution in [0.25, 0.3) is 0 Å². The zero-order valence-corrected chi connectivity index (χ0v) is 13.3. The van der Waals surface area contributed by atoms with Crippen LogP contribution in [0.5, 0.6) is 5.75 Å². The molecule has 23 heavy (non-hydrogen) atoms. The van der Waals surface area contributed by atoms with Gasteiger partial charge in [-0.15, -0.1) is 0 Å². The van der Waals surface area contributed by atoms with Crippen LogP contribution in [0.1, 0.15) is 37.5 Å². The molecule has 1 saturated heterocycles. The van der Waals surface area contributed by atoms with E-state index in [-0.39, 0.29) is 18.2 Å². The van der Waals surface area contributed by atoms with Gasteiger partial charge in [0.25, 0.3) is 0 Å². The summed E-state index contributed by atoms with van der Waals surface area (Å²) in [6.45, 7) is 0.348. The van der Waals surface area contributed by atoms with Gasteiger partial charge in [-0.1, -0.05) is 24.3 Å². The van der Waals surface area contributed by atoms with E-state index in [0.29, 0.717) is 19.4 Å². The number of carbonyl (C=O) groups excluding carboxylic acids is 1. The molecule has 0 bridgehead atoms. The highest BCUT2D eigenvalue weighted by molar-refractivity contribution is 5.69. The molecule has 2 aliphatic heterocycles. The maximum Gasteiger partial charge on any atom is 0.306 e. The molecule has 2 heterocycles. The smallest absolute Gasteiger partial charge is 0.306 e. The number of allylic oxidation sites excluding steroid dienone is 1. The van der Waals surface area contributed by atoms with Crippen LogP contribution in [-0.2, 0) is 19.0 Å². The zero-order chi connectivity index (χ0) is 16.1. The molecule has 1 aromatic rings. The second-order valence-electron chi connectivity index (χ2n) is 5.74.